The third-order valence-corrected chi connectivity index (χ3v) is 6.37. The molecule has 1 heterocycles. The van der Waals surface area contributed by atoms with Crippen LogP contribution in [-0.4, -0.2) is 55.9 Å². The lowest BCUT2D eigenvalue weighted by Gasteiger charge is -2.37. The van der Waals surface area contributed by atoms with Crippen molar-refractivity contribution in [2.24, 2.45) is 5.73 Å². The van der Waals surface area contributed by atoms with Gasteiger partial charge in [-0.2, -0.15) is 4.31 Å². The van der Waals surface area contributed by atoms with Crippen LogP contribution in [0.2, 0.25) is 10.0 Å². The van der Waals surface area contributed by atoms with Gasteiger partial charge in [0.15, 0.2) is 0 Å². The molecule has 0 bridgehead atoms. The number of hydrogen-bond donors (Lipinski definition) is 1. The van der Waals surface area contributed by atoms with Gasteiger partial charge in [-0.1, -0.05) is 29.3 Å². The van der Waals surface area contributed by atoms with Gasteiger partial charge in [-0.25, -0.2) is 8.42 Å². The molecular weight excluding hydrogens is 345 g/mol. The number of halogens is 2. The van der Waals surface area contributed by atoms with Crippen LogP contribution in [0.4, 0.5) is 0 Å². The molecule has 0 spiro atoms. The Bertz CT molecular complexity index is 636. The van der Waals surface area contributed by atoms with Gasteiger partial charge in [-0.05, 0) is 26.0 Å². The molecule has 5 nitrogen and oxygen atoms in total. The van der Waals surface area contributed by atoms with E-state index < -0.39 is 10.0 Å². The molecule has 0 atom stereocenters. The van der Waals surface area contributed by atoms with Gasteiger partial charge in [0.1, 0.15) is 4.90 Å². The average Bonchev–Trinajstić information content (AvgIpc) is 2.40. The summed E-state index contributed by atoms with van der Waals surface area (Å²) in [6.45, 7) is 6.79. The third kappa shape index (κ3) is 4.13. The van der Waals surface area contributed by atoms with Crippen molar-refractivity contribution < 1.29 is 8.42 Å². The van der Waals surface area contributed by atoms with Crippen LogP contribution in [0.3, 0.4) is 0 Å². The molecular formula is C14H21Cl2N3O2S. The van der Waals surface area contributed by atoms with Crippen LogP contribution < -0.4 is 5.73 Å². The largest absolute Gasteiger partial charge is 0.324 e. The summed E-state index contributed by atoms with van der Waals surface area (Å²) >= 11 is 12.0. The SMILES string of the molecule is CC(C)(N)CN1CCN(S(=O)(=O)c2cccc(Cl)c2Cl)CC1. The molecule has 1 fully saturated rings. The second-order valence-corrected chi connectivity index (χ2v) is 8.91. The predicted molar refractivity (Wildman–Crippen MR) is 89.9 cm³/mol. The highest BCUT2D eigenvalue weighted by molar-refractivity contribution is 7.89. The molecule has 0 saturated carbocycles. The van der Waals surface area contributed by atoms with Gasteiger partial charge in [0, 0.05) is 38.3 Å². The zero-order chi connectivity index (χ0) is 16.5. The van der Waals surface area contributed by atoms with Gasteiger partial charge in [-0.3, -0.25) is 4.90 Å². The van der Waals surface area contributed by atoms with Crippen LogP contribution in [0.1, 0.15) is 13.8 Å². The van der Waals surface area contributed by atoms with E-state index in [2.05, 4.69) is 4.90 Å². The predicted octanol–water partition coefficient (Wildman–Crippen LogP) is 2.04. The zero-order valence-electron chi connectivity index (χ0n) is 12.7. The standard InChI is InChI=1S/C14H21Cl2N3O2S/c1-14(2,17)10-18-6-8-19(9-7-18)22(20,21)12-5-3-4-11(15)13(12)16/h3-5H,6-10,17H2,1-2H3. The Morgan fingerprint density at radius 1 is 1.18 bits per heavy atom. The molecule has 8 heteroatoms. The van der Waals surface area contributed by atoms with Crippen LogP contribution in [0.25, 0.3) is 0 Å². The summed E-state index contributed by atoms with van der Waals surface area (Å²) in [7, 11) is -3.62. The van der Waals surface area contributed by atoms with E-state index in [4.69, 9.17) is 28.9 Å². The maximum absolute atomic E-state index is 12.7. The van der Waals surface area contributed by atoms with Crippen LogP contribution in [0, 0.1) is 0 Å². The molecule has 1 aliphatic heterocycles. The van der Waals surface area contributed by atoms with E-state index in [-0.39, 0.29) is 20.5 Å². The highest BCUT2D eigenvalue weighted by atomic mass is 35.5. The van der Waals surface area contributed by atoms with Crippen LogP contribution >= 0.6 is 23.2 Å². The van der Waals surface area contributed by atoms with Gasteiger partial charge in [-0.15, -0.1) is 0 Å². The van der Waals surface area contributed by atoms with E-state index in [1.54, 1.807) is 12.1 Å². The highest BCUT2D eigenvalue weighted by Gasteiger charge is 2.31. The van der Waals surface area contributed by atoms with E-state index in [0.29, 0.717) is 26.2 Å². The van der Waals surface area contributed by atoms with Crippen molar-refractivity contribution in [3.8, 4) is 0 Å². The molecule has 1 aliphatic rings. The molecule has 0 radical (unpaired) electrons. The van der Waals surface area contributed by atoms with Gasteiger partial charge < -0.3 is 5.73 Å². The monoisotopic (exact) mass is 365 g/mol. The van der Waals surface area contributed by atoms with Gasteiger partial charge in [0.05, 0.1) is 10.0 Å². The van der Waals surface area contributed by atoms with Crippen molar-refractivity contribution in [1.82, 2.24) is 9.21 Å². The average molecular weight is 366 g/mol. The molecule has 0 aliphatic carbocycles. The smallest absolute Gasteiger partial charge is 0.244 e. The van der Waals surface area contributed by atoms with Crippen molar-refractivity contribution in [3.05, 3.63) is 28.2 Å². The molecule has 0 amide bonds. The lowest BCUT2D eigenvalue weighted by molar-refractivity contribution is 0.162. The molecule has 1 aromatic carbocycles. The molecule has 1 aromatic rings. The Labute approximate surface area is 142 Å². The van der Waals surface area contributed by atoms with Crippen molar-refractivity contribution in [3.63, 3.8) is 0 Å². The fourth-order valence-corrected chi connectivity index (χ4v) is 4.68. The van der Waals surface area contributed by atoms with E-state index in [1.165, 1.54) is 10.4 Å². The first-order valence-electron chi connectivity index (χ1n) is 7.07. The number of hydrogen-bond acceptors (Lipinski definition) is 4. The summed E-state index contributed by atoms with van der Waals surface area (Å²) in [6.07, 6.45) is 0. The lowest BCUT2D eigenvalue weighted by atomic mass is 10.1. The summed E-state index contributed by atoms with van der Waals surface area (Å²) in [4.78, 5) is 2.24. The summed E-state index contributed by atoms with van der Waals surface area (Å²) in [5, 5.41) is 0.320. The second-order valence-electron chi connectivity index (χ2n) is 6.22. The number of piperazine rings is 1. The van der Waals surface area contributed by atoms with Crippen molar-refractivity contribution >= 4 is 33.2 Å². The quantitative estimate of drug-likeness (QED) is 0.886. The first kappa shape index (κ1) is 18.0. The van der Waals surface area contributed by atoms with E-state index in [1.807, 2.05) is 13.8 Å². The Hall–Kier alpha value is -0.370. The minimum absolute atomic E-state index is 0.0641. The molecule has 1 saturated heterocycles. The van der Waals surface area contributed by atoms with E-state index in [0.717, 1.165) is 6.54 Å². The maximum atomic E-state index is 12.7. The summed E-state index contributed by atoms with van der Waals surface area (Å²) in [5.74, 6) is 0. The number of rotatable bonds is 4. The second kappa shape index (κ2) is 6.63. The Balaban J connectivity index is 2.12. The summed E-state index contributed by atoms with van der Waals surface area (Å²) in [5.41, 5.74) is 5.71. The first-order valence-corrected chi connectivity index (χ1v) is 9.26. The van der Waals surface area contributed by atoms with Gasteiger partial charge >= 0.3 is 0 Å². The third-order valence-electron chi connectivity index (χ3n) is 3.50. The van der Waals surface area contributed by atoms with Crippen molar-refractivity contribution in [2.75, 3.05) is 32.7 Å². The fourth-order valence-electron chi connectivity index (χ4n) is 2.53. The molecule has 2 rings (SSSR count). The number of benzene rings is 1. The zero-order valence-corrected chi connectivity index (χ0v) is 15.0. The van der Waals surface area contributed by atoms with Crippen molar-refractivity contribution in [1.29, 1.82) is 0 Å². The molecule has 2 N–H and O–H groups in total. The maximum Gasteiger partial charge on any atom is 0.244 e. The minimum Gasteiger partial charge on any atom is -0.324 e. The molecule has 0 aromatic heterocycles. The Morgan fingerprint density at radius 2 is 1.77 bits per heavy atom. The molecule has 124 valence electrons. The molecule has 0 unspecified atom stereocenters. The Morgan fingerprint density at radius 3 is 2.32 bits per heavy atom. The summed E-state index contributed by atoms with van der Waals surface area (Å²) in [6, 6.07) is 4.65. The van der Waals surface area contributed by atoms with E-state index in [9.17, 15) is 8.42 Å². The van der Waals surface area contributed by atoms with Crippen molar-refractivity contribution in [2.45, 2.75) is 24.3 Å². The van der Waals surface area contributed by atoms with E-state index >= 15 is 0 Å². The minimum atomic E-state index is -3.62. The summed E-state index contributed by atoms with van der Waals surface area (Å²) < 4.78 is 26.8. The normalized spacial score (nSPS) is 18.6. The highest BCUT2D eigenvalue weighted by Crippen LogP contribution is 2.31. The topological polar surface area (TPSA) is 66.6 Å². The van der Waals surface area contributed by atoms with Gasteiger partial charge in [0.2, 0.25) is 10.0 Å². The first-order chi connectivity index (χ1) is 10.1. The van der Waals surface area contributed by atoms with Crippen LogP contribution in [0.15, 0.2) is 23.1 Å². The lowest BCUT2D eigenvalue weighted by Crippen LogP contribution is -2.54. The van der Waals surface area contributed by atoms with Crippen LogP contribution in [-0.2, 0) is 10.0 Å². The number of sulfonamides is 1. The number of nitrogens with zero attached hydrogens (tertiary/aromatic N) is 2. The van der Waals surface area contributed by atoms with Crippen LogP contribution in [0.5, 0.6) is 0 Å². The molecule has 22 heavy (non-hydrogen) atoms. The number of nitrogens with two attached hydrogens (primary N) is 1. The Kier molecular flexibility index (Phi) is 5.42. The van der Waals surface area contributed by atoms with Gasteiger partial charge in [0.25, 0.3) is 0 Å². The fraction of sp³-hybridized carbons (Fsp3) is 0.571.